The van der Waals surface area contributed by atoms with Gasteiger partial charge in [0.25, 0.3) is 0 Å². The van der Waals surface area contributed by atoms with Gasteiger partial charge in [-0.15, -0.1) is 0 Å². The minimum atomic E-state index is 0.634. The summed E-state index contributed by atoms with van der Waals surface area (Å²) in [5, 5.41) is 0. The average Bonchev–Trinajstić information content (AvgIpc) is 2.35. The second-order valence-corrected chi connectivity index (χ2v) is 5.99. The molecule has 0 atom stereocenters. The number of hydrogen-bond acceptors (Lipinski definition) is 3. The Bertz CT molecular complexity index is 382. The fourth-order valence-electron chi connectivity index (χ4n) is 2.08. The maximum absolute atomic E-state index is 5.43. The lowest BCUT2D eigenvalue weighted by molar-refractivity contribution is 0.135. The van der Waals surface area contributed by atoms with Crippen LogP contribution in [0.5, 0.6) is 5.75 Å². The first kappa shape index (κ1) is 16.5. The van der Waals surface area contributed by atoms with Gasteiger partial charge in [-0.1, -0.05) is 29.8 Å². The number of hydrogen-bond donors (Lipinski definition) is 0. The van der Waals surface area contributed by atoms with Crippen molar-refractivity contribution in [1.29, 1.82) is 0 Å². The molecular weight excluding hydrogens is 306 g/mol. The van der Waals surface area contributed by atoms with Crippen LogP contribution < -0.4 is 4.74 Å². The van der Waals surface area contributed by atoms with Crippen LogP contribution in [0.4, 0.5) is 0 Å². The first-order chi connectivity index (χ1) is 9.06. The summed E-state index contributed by atoms with van der Waals surface area (Å²) >= 11 is 3.52. The molecule has 0 aromatic heterocycles. The number of nitrogens with zero attached hydrogens (tertiary/aromatic N) is 1. The Morgan fingerprint density at radius 2 is 2.00 bits per heavy atom. The molecule has 0 heterocycles. The Hall–Kier alpha value is -0.580. The molecule has 3 nitrogen and oxygen atoms in total. The molecule has 0 aliphatic carbocycles. The molecule has 0 radical (unpaired) electrons. The number of methoxy groups -OCH3 is 2. The maximum atomic E-state index is 5.43. The zero-order chi connectivity index (χ0) is 14.3. The van der Waals surface area contributed by atoms with Crippen LogP contribution in [0.25, 0.3) is 0 Å². The molecule has 0 amide bonds. The van der Waals surface area contributed by atoms with Gasteiger partial charge in [0.2, 0.25) is 0 Å². The topological polar surface area (TPSA) is 21.7 Å². The summed E-state index contributed by atoms with van der Waals surface area (Å²) in [6, 6.07) is 6.13. The molecule has 0 saturated heterocycles. The van der Waals surface area contributed by atoms with E-state index < -0.39 is 0 Å². The van der Waals surface area contributed by atoms with Crippen LogP contribution in [0, 0.1) is 5.92 Å². The zero-order valence-corrected chi connectivity index (χ0v) is 13.9. The molecule has 0 aliphatic heterocycles. The van der Waals surface area contributed by atoms with Crippen molar-refractivity contribution >= 4 is 15.9 Å². The zero-order valence-electron chi connectivity index (χ0n) is 12.3. The van der Waals surface area contributed by atoms with Crippen molar-refractivity contribution in [3.05, 3.63) is 28.2 Å². The van der Waals surface area contributed by atoms with Crippen LogP contribution in [-0.4, -0.2) is 38.8 Å². The second-order valence-electron chi connectivity index (χ2n) is 5.08. The van der Waals surface area contributed by atoms with Gasteiger partial charge in [-0.25, -0.2) is 0 Å². The van der Waals surface area contributed by atoms with Crippen molar-refractivity contribution < 1.29 is 9.47 Å². The molecule has 4 heteroatoms. The maximum Gasteiger partial charge on any atom is 0.123 e. The lowest BCUT2D eigenvalue weighted by Crippen LogP contribution is -2.30. The van der Waals surface area contributed by atoms with E-state index in [-0.39, 0.29) is 0 Å². The molecule has 1 rings (SSSR count). The first-order valence-corrected chi connectivity index (χ1v) is 7.39. The van der Waals surface area contributed by atoms with Gasteiger partial charge < -0.3 is 9.47 Å². The van der Waals surface area contributed by atoms with Gasteiger partial charge in [0.05, 0.1) is 13.7 Å². The third-order valence-electron chi connectivity index (χ3n) is 2.87. The fraction of sp³-hybridized carbons (Fsp3) is 0.600. The van der Waals surface area contributed by atoms with E-state index in [2.05, 4.69) is 40.7 Å². The smallest absolute Gasteiger partial charge is 0.123 e. The predicted molar refractivity (Wildman–Crippen MR) is 82.7 cm³/mol. The summed E-state index contributed by atoms with van der Waals surface area (Å²) in [6.07, 6.45) is 0. The Morgan fingerprint density at radius 3 is 2.58 bits per heavy atom. The van der Waals surface area contributed by atoms with Crippen molar-refractivity contribution in [2.75, 3.05) is 33.9 Å². The summed E-state index contributed by atoms with van der Waals surface area (Å²) in [7, 11) is 3.46. The predicted octanol–water partition coefficient (Wildman–Crippen LogP) is 3.56. The van der Waals surface area contributed by atoms with Gasteiger partial charge in [0, 0.05) is 36.8 Å². The molecular formula is C15H24BrNO2. The molecule has 0 aliphatic rings. The van der Waals surface area contributed by atoms with Gasteiger partial charge in [-0.3, -0.25) is 4.90 Å². The lowest BCUT2D eigenvalue weighted by Gasteiger charge is -2.25. The largest absolute Gasteiger partial charge is 0.496 e. The van der Waals surface area contributed by atoms with E-state index in [0.717, 1.165) is 36.5 Å². The minimum absolute atomic E-state index is 0.634. The highest BCUT2D eigenvalue weighted by molar-refractivity contribution is 9.10. The molecule has 1 aromatic carbocycles. The second kappa shape index (κ2) is 8.56. The van der Waals surface area contributed by atoms with E-state index >= 15 is 0 Å². The number of benzene rings is 1. The molecule has 108 valence electrons. The molecule has 0 spiro atoms. The summed E-state index contributed by atoms with van der Waals surface area (Å²) in [4.78, 5) is 2.40. The van der Waals surface area contributed by atoms with Crippen LogP contribution in [0.3, 0.4) is 0 Å². The minimum Gasteiger partial charge on any atom is -0.496 e. The van der Waals surface area contributed by atoms with Gasteiger partial charge in [0.1, 0.15) is 5.75 Å². The van der Waals surface area contributed by atoms with Gasteiger partial charge in [-0.2, -0.15) is 0 Å². The van der Waals surface area contributed by atoms with E-state index in [9.17, 15) is 0 Å². The van der Waals surface area contributed by atoms with Crippen LogP contribution in [0.1, 0.15) is 19.4 Å². The van der Waals surface area contributed by atoms with E-state index in [1.807, 2.05) is 12.1 Å². The summed E-state index contributed by atoms with van der Waals surface area (Å²) in [5.41, 5.74) is 1.20. The van der Waals surface area contributed by atoms with E-state index in [4.69, 9.17) is 9.47 Å². The van der Waals surface area contributed by atoms with Crippen LogP contribution in [-0.2, 0) is 11.3 Å². The lowest BCUT2D eigenvalue weighted by atomic mass is 10.1. The Kier molecular flexibility index (Phi) is 7.42. The molecule has 0 fully saturated rings. The quantitative estimate of drug-likeness (QED) is 0.727. The number of rotatable bonds is 8. The van der Waals surface area contributed by atoms with Crippen molar-refractivity contribution in [2.45, 2.75) is 20.4 Å². The van der Waals surface area contributed by atoms with Crippen molar-refractivity contribution in [1.82, 2.24) is 4.90 Å². The Labute approximate surface area is 125 Å². The normalized spacial score (nSPS) is 11.3. The average molecular weight is 330 g/mol. The van der Waals surface area contributed by atoms with Gasteiger partial charge >= 0.3 is 0 Å². The van der Waals surface area contributed by atoms with Crippen LogP contribution in [0.15, 0.2) is 22.7 Å². The van der Waals surface area contributed by atoms with E-state index in [1.54, 1.807) is 14.2 Å². The summed E-state index contributed by atoms with van der Waals surface area (Å²) in [6.45, 7) is 8.09. The third kappa shape index (κ3) is 5.93. The summed E-state index contributed by atoms with van der Waals surface area (Å²) in [5.74, 6) is 1.57. The summed E-state index contributed by atoms with van der Waals surface area (Å²) < 4.78 is 11.7. The molecule has 0 unspecified atom stereocenters. The number of halogens is 1. The third-order valence-corrected chi connectivity index (χ3v) is 3.36. The molecule has 19 heavy (non-hydrogen) atoms. The molecule has 0 saturated carbocycles. The molecule has 1 aromatic rings. The first-order valence-electron chi connectivity index (χ1n) is 6.60. The Balaban J connectivity index is 2.78. The van der Waals surface area contributed by atoms with Crippen molar-refractivity contribution in [2.24, 2.45) is 5.92 Å². The van der Waals surface area contributed by atoms with Crippen molar-refractivity contribution in [3.8, 4) is 5.75 Å². The fourth-order valence-corrected chi connectivity index (χ4v) is 2.49. The van der Waals surface area contributed by atoms with Crippen LogP contribution in [0.2, 0.25) is 0 Å². The standard InChI is InChI=1S/C15H24BrNO2/c1-12(2)10-17(7-8-18-3)11-13-9-14(16)5-6-15(13)19-4/h5-6,9,12H,7-8,10-11H2,1-4H3. The van der Waals surface area contributed by atoms with Crippen molar-refractivity contribution in [3.63, 3.8) is 0 Å². The van der Waals surface area contributed by atoms with Gasteiger partial charge in [-0.05, 0) is 24.1 Å². The van der Waals surface area contributed by atoms with E-state index in [0.29, 0.717) is 5.92 Å². The molecule has 0 N–H and O–H groups in total. The SMILES string of the molecule is COCCN(Cc1cc(Br)ccc1OC)CC(C)C. The monoisotopic (exact) mass is 329 g/mol. The van der Waals surface area contributed by atoms with Gasteiger partial charge in [0.15, 0.2) is 0 Å². The molecule has 0 bridgehead atoms. The highest BCUT2D eigenvalue weighted by Crippen LogP contribution is 2.24. The Morgan fingerprint density at radius 1 is 1.26 bits per heavy atom. The highest BCUT2D eigenvalue weighted by Gasteiger charge is 2.11. The van der Waals surface area contributed by atoms with E-state index in [1.165, 1.54) is 5.56 Å². The number of ether oxygens (including phenoxy) is 2. The van der Waals surface area contributed by atoms with Crippen LogP contribution >= 0.6 is 15.9 Å². The highest BCUT2D eigenvalue weighted by atomic mass is 79.9.